The topological polar surface area (TPSA) is 78.5 Å². The van der Waals surface area contributed by atoms with E-state index in [1.165, 1.54) is 11.3 Å². The molecule has 2 heterocycles. The van der Waals surface area contributed by atoms with Crippen molar-refractivity contribution in [2.45, 2.75) is 10.8 Å². The van der Waals surface area contributed by atoms with Gasteiger partial charge < -0.3 is 10.2 Å². The zero-order chi connectivity index (χ0) is 16.3. The average molecular weight is 351 g/mol. The van der Waals surface area contributed by atoms with Crippen LogP contribution >= 0.6 is 11.3 Å². The Balaban J connectivity index is 1.63. The summed E-state index contributed by atoms with van der Waals surface area (Å²) in [7, 11) is -3.45. The maximum absolute atomic E-state index is 12.1. The SMILES string of the molecule is O=C1CN(c2ccc(CNS(=O)(=O)c3cccs3)cc2)CCN1. The molecule has 23 heavy (non-hydrogen) atoms. The average Bonchev–Trinajstić information content (AvgIpc) is 3.09. The van der Waals surface area contributed by atoms with Gasteiger partial charge in [-0.25, -0.2) is 13.1 Å². The maximum atomic E-state index is 12.1. The molecule has 6 nitrogen and oxygen atoms in total. The van der Waals surface area contributed by atoms with Gasteiger partial charge in [-0.05, 0) is 29.1 Å². The monoisotopic (exact) mass is 351 g/mol. The Labute approximate surface area is 139 Å². The predicted molar refractivity (Wildman–Crippen MR) is 90.0 cm³/mol. The van der Waals surface area contributed by atoms with Crippen LogP contribution < -0.4 is 14.9 Å². The van der Waals surface area contributed by atoms with Crippen LogP contribution in [0.1, 0.15) is 5.56 Å². The van der Waals surface area contributed by atoms with E-state index in [9.17, 15) is 13.2 Å². The minimum Gasteiger partial charge on any atom is -0.360 e. The molecule has 1 aromatic heterocycles. The molecule has 2 N–H and O–H groups in total. The number of sulfonamides is 1. The number of carbonyl (C=O) groups excluding carboxylic acids is 1. The fraction of sp³-hybridized carbons (Fsp3) is 0.267. The molecule has 1 aliphatic heterocycles. The summed E-state index contributed by atoms with van der Waals surface area (Å²) in [5.41, 5.74) is 1.83. The molecule has 0 aliphatic carbocycles. The largest absolute Gasteiger partial charge is 0.360 e. The first-order valence-electron chi connectivity index (χ1n) is 7.18. The molecule has 8 heteroatoms. The summed E-state index contributed by atoms with van der Waals surface area (Å²) in [5.74, 6) is 0.0176. The Hall–Kier alpha value is -1.90. The zero-order valence-corrected chi connectivity index (χ0v) is 14.0. The highest BCUT2D eigenvalue weighted by atomic mass is 32.2. The predicted octanol–water partition coefficient (Wildman–Crippen LogP) is 1.16. The molecule has 122 valence electrons. The molecule has 2 aromatic rings. The van der Waals surface area contributed by atoms with Crippen LogP contribution in [0.2, 0.25) is 0 Å². The van der Waals surface area contributed by atoms with Crippen molar-refractivity contribution in [3.8, 4) is 0 Å². The van der Waals surface area contributed by atoms with Crippen LogP contribution in [0.3, 0.4) is 0 Å². The minimum absolute atomic E-state index is 0.0176. The van der Waals surface area contributed by atoms with Gasteiger partial charge in [0.15, 0.2) is 0 Å². The molecule has 1 amide bonds. The highest BCUT2D eigenvalue weighted by molar-refractivity contribution is 7.91. The number of piperazine rings is 1. The first-order chi connectivity index (χ1) is 11.0. The molecule has 1 aromatic carbocycles. The summed E-state index contributed by atoms with van der Waals surface area (Å²) < 4.78 is 27.0. The van der Waals surface area contributed by atoms with Gasteiger partial charge in [0.05, 0.1) is 6.54 Å². The van der Waals surface area contributed by atoms with Gasteiger partial charge in [0, 0.05) is 25.3 Å². The Morgan fingerprint density at radius 1 is 1.22 bits per heavy atom. The molecule has 3 rings (SSSR count). The van der Waals surface area contributed by atoms with E-state index in [2.05, 4.69) is 10.0 Å². The van der Waals surface area contributed by atoms with Gasteiger partial charge in [-0.2, -0.15) is 0 Å². The van der Waals surface area contributed by atoms with Crippen LogP contribution in [0.15, 0.2) is 46.0 Å². The van der Waals surface area contributed by atoms with Gasteiger partial charge in [0.25, 0.3) is 0 Å². The molecule has 0 unspecified atom stereocenters. The standard InChI is InChI=1S/C15H17N3O3S2/c19-14-11-18(8-7-16-14)13-5-3-12(4-6-13)10-17-23(20,21)15-2-1-9-22-15/h1-6,9,17H,7-8,10-11H2,(H,16,19). The lowest BCUT2D eigenvalue weighted by atomic mass is 10.2. The van der Waals surface area contributed by atoms with E-state index in [-0.39, 0.29) is 12.5 Å². The number of carbonyl (C=O) groups is 1. The molecule has 1 saturated heterocycles. The summed E-state index contributed by atoms with van der Waals surface area (Å²) in [4.78, 5) is 13.4. The van der Waals surface area contributed by atoms with Gasteiger partial charge in [0.2, 0.25) is 15.9 Å². The number of nitrogens with zero attached hydrogens (tertiary/aromatic N) is 1. The lowest BCUT2D eigenvalue weighted by Gasteiger charge is -2.28. The van der Waals surface area contributed by atoms with Gasteiger partial charge in [-0.3, -0.25) is 4.79 Å². The number of thiophene rings is 1. The van der Waals surface area contributed by atoms with E-state index in [1.807, 2.05) is 29.2 Å². The second-order valence-corrected chi connectivity index (χ2v) is 8.14. The molecule has 1 fully saturated rings. The van der Waals surface area contributed by atoms with Crippen molar-refractivity contribution in [1.29, 1.82) is 0 Å². The minimum atomic E-state index is -3.45. The number of anilines is 1. The van der Waals surface area contributed by atoms with Crippen LogP contribution in [-0.2, 0) is 21.4 Å². The summed E-state index contributed by atoms with van der Waals surface area (Å²) in [6.45, 7) is 2.00. The zero-order valence-electron chi connectivity index (χ0n) is 12.4. The van der Waals surface area contributed by atoms with Gasteiger partial charge in [-0.15, -0.1) is 11.3 Å². The third-order valence-electron chi connectivity index (χ3n) is 3.57. The van der Waals surface area contributed by atoms with Crippen LogP contribution in [0.25, 0.3) is 0 Å². The van der Waals surface area contributed by atoms with Crippen molar-refractivity contribution in [3.05, 3.63) is 47.3 Å². The normalized spacial score (nSPS) is 15.5. The highest BCUT2D eigenvalue weighted by Crippen LogP contribution is 2.18. The second kappa shape index (κ2) is 6.69. The van der Waals surface area contributed by atoms with Crippen LogP contribution in [-0.4, -0.2) is 34.0 Å². The van der Waals surface area contributed by atoms with E-state index in [0.29, 0.717) is 17.3 Å². The van der Waals surface area contributed by atoms with Crippen molar-refractivity contribution < 1.29 is 13.2 Å². The smallest absolute Gasteiger partial charge is 0.250 e. The van der Waals surface area contributed by atoms with Crippen molar-refractivity contribution in [3.63, 3.8) is 0 Å². The lowest BCUT2D eigenvalue weighted by molar-refractivity contribution is -0.120. The van der Waals surface area contributed by atoms with Crippen molar-refractivity contribution in [2.75, 3.05) is 24.5 Å². The van der Waals surface area contributed by atoms with E-state index < -0.39 is 10.0 Å². The van der Waals surface area contributed by atoms with Gasteiger partial charge in [-0.1, -0.05) is 18.2 Å². The molecule has 0 atom stereocenters. The molecule has 1 aliphatic rings. The highest BCUT2D eigenvalue weighted by Gasteiger charge is 2.17. The van der Waals surface area contributed by atoms with Crippen LogP contribution in [0.4, 0.5) is 5.69 Å². The van der Waals surface area contributed by atoms with E-state index >= 15 is 0 Å². The third kappa shape index (κ3) is 3.90. The fourth-order valence-electron chi connectivity index (χ4n) is 2.35. The first-order valence-corrected chi connectivity index (χ1v) is 9.55. The quantitative estimate of drug-likeness (QED) is 0.847. The number of amides is 1. The van der Waals surface area contributed by atoms with Crippen molar-refractivity contribution >= 4 is 33.0 Å². The molecule has 0 spiro atoms. The Morgan fingerprint density at radius 2 is 2.00 bits per heavy atom. The van der Waals surface area contributed by atoms with Crippen molar-refractivity contribution in [1.82, 2.24) is 10.0 Å². The number of rotatable bonds is 5. The molecular weight excluding hydrogens is 334 g/mol. The van der Waals surface area contributed by atoms with Crippen LogP contribution in [0, 0.1) is 0 Å². The molecule has 0 saturated carbocycles. The molecule has 0 radical (unpaired) electrons. The lowest BCUT2D eigenvalue weighted by Crippen LogP contribution is -2.47. The van der Waals surface area contributed by atoms with Crippen molar-refractivity contribution in [2.24, 2.45) is 0 Å². The number of nitrogens with one attached hydrogen (secondary N) is 2. The Bertz CT molecular complexity index is 771. The Kier molecular flexibility index (Phi) is 4.65. The van der Waals surface area contributed by atoms with Crippen LogP contribution in [0.5, 0.6) is 0 Å². The number of hydrogen-bond acceptors (Lipinski definition) is 5. The van der Waals surface area contributed by atoms with E-state index in [0.717, 1.165) is 17.8 Å². The molecular formula is C15H17N3O3S2. The summed E-state index contributed by atoms with van der Waals surface area (Å²) in [6, 6.07) is 10.9. The molecule has 0 bridgehead atoms. The summed E-state index contributed by atoms with van der Waals surface area (Å²) in [5, 5.41) is 4.52. The third-order valence-corrected chi connectivity index (χ3v) is 6.36. The number of hydrogen-bond donors (Lipinski definition) is 2. The Morgan fingerprint density at radius 3 is 2.65 bits per heavy atom. The van der Waals surface area contributed by atoms with E-state index in [4.69, 9.17) is 0 Å². The van der Waals surface area contributed by atoms with E-state index in [1.54, 1.807) is 17.5 Å². The van der Waals surface area contributed by atoms with Gasteiger partial charge in [0.1, 0.15) is 4.21 Å². The van der Waals surface area contributed by atoms with Gasteiger partial charge >= 0.3 is 0 Å². The first kappa shape index (κ1) is 16.0. The summed E-state index contributed by atoms with van der Waals surface area (Å²) in [6.07, 6.45) is 0. The summed E-state index contributed by atoms with van der Waals surface area (Å²) >= 11 is 1.19. The fourth-order valence-corrected chi connectivity index (χ4v) is 4.40. The number of benzene rings is 1. The second-order valence-electron chi connectivity index (χ2n) is 5.19. The maximum Gasteiger partial charge on any atom is 0.250 e.